The smallest absolute Gasteiger partial charge is 0.261 e. The van der Waals surface area contributed by atoms with Crippen molar-refractivity contribution in [3.63, 3.8) is 0 Å². The fraction of sp³-hybridized carbons (Fsp3) is 0.308. The number of benzene rings is 1. The molecule has 0 aliphatic carbocycles. The number of hydrogen-bond donors (Lipinski definition) is 0. The van der Waals surface area contributed by atoms with Crippen LogP contribution in [0, 0.1) is 11.3 Å². The van der Waals surface area contributed by atoms with E-state index in [1.165, 1.54) is 4.90 Å². The summed E-state index contributed by atoms with van der Waals surface area (Å²) in [6.45, 7) is 1.72. The third kappa shape index (κ3) is 1.92. The Morgan fingerprint density at radius 1 is 1.41 bits per heavy atom. The minimum atomic E-state index is -0.367. The summed E-state index contributed by atoms with van der Waals surface area (Å²) in [4.78, 5) is 25.2. The van der Waals surface area contributed by atoms with Crippen molar-refractivity contribution >= 4 is 11.8 Å². The van der Waals surface area contributed by atoms with Gasteiger partial charge in [-0.2, -0.15) is 5.26 Å². The lowest BCUT2D eigenvalue weighted by Gasteiger charge is -2.30. The van der Waals surface area contributed by atoms with Crippen LogP contribution in [0.15, 0.2) is 24.3 Å². The van der Waals surface area contributed by atoms with Crippen LogP contribution < -0.4 is 0 Å². The quantitative estimate of drug-likeness (QED) is 0.721. The van der Waals surface area contributed by atoms with E-state index < -0.39 is 0 Å². The molecular formula is C13H12N2O2. The molecule has 1 aliphatic heterocycles. The van der Waals surface area contributed by atoms with E-state index >= 15 is 0 Å². The van der Waals surface area contributed by atoms with Crippen molar-refractivity contribution < 1.29 is 9.59 Å². The zero-order valence-corrected chi connectivity index (χ0v) is 9.51. The van der Waals surface area contributed by atoms with Crippen molar-refractivity contribution in [3.8, 4) is 6.07 Å². The summed E-state index contributed by atoms with van der Waals surface area (Å²) >= 11 is 0. The molecule has 4 nitrogen and oxygen atoms in total. The monoisotopic (exact) mass is 228 g/mol. The third-order valence-corrected chi connectivity index (χ3v) is 2.90. The van der Waals surface area contributed by atoms with E-state index in [2.05, 4.69) is 0 Å². The van der Waals surface area contributed by atoms with Gasteiger partial charge in [0.1, 0.15) is 0 Å². The number of nitrogens with zero attached hydrogens (tertiary/aromatic N) is 2. The number of imide groups is 1. The van der Waals surface area contributed by atoms with E-state index in [0.29, 0.717) is 5.56 Å². The third-order valence-electron chi connectivity index (χ3n) is 2.90. The van der Waals surface area contributed by atoms with Gasteiger partial charge in [0, 0.05) is 5.56 Å². The molecule has 4 heteroatoms. The largest absolute Gasteiger partial charge is 0.274 e. The molecular weight excluding hydrogens is 216 g/mol. The molecule has 0 fully saturated rings. The van der Waals surface area contributed by atoms with Gasteiger partial charge in [-0.15, -0.1) is 0 Å². The molecule has 2 amide bonds. The first kappa shape index (κ1) is 11.3. The summed E-state index contributed by atoms with van der Waals surface area (Å²) in [5, 5.41) is 8.64. The van der Waals surface area contributed by atoms with Gasteiger partial charge in [-0.3, -0.25) is 14.5 Å². The van der Waals surface area contributed by atoms with Gasteiger partial charge in [0.25, 0.3) is 5.91 Å². The highest BCUT2D eigenvalue weighted by molar-refractivity contribution is 6.09. The molecule has 0 saturated carbocycles. The molecule has 17 heavy (non-hydrogen) atoms. The Hall–Kier alpha value is -2.15. The van der Waals surface area contributed by atoms with Crippen LogP contribution in [-0.4, -0.2) is 22.8 Å². The fourth-order valence-electron chi connectivity index (χ4n) is 2.04. The van der Waals surface area contributed by atoms with Gasteiger partial charge < -0.3 is 0 Å². The van der Waals surface area contributed by atoms with Crippen LogP contribution in [0.25, 0.3) is 0 Å². The highest BCUT2D eigenvalue weighted by atomic mass is 16.2. The Balaban J connectivity index is 2.37. The number of rotatable bonds is 2. The molecule has 0 bridgehead atoms. The lowest BCUT2D eigenvalue weighted by atomic mass is 9.97. The second kappa shape index (κ2) is 4.38. The Morgan fingerprint density at radius 3 is 2.82 bits per heavy atom. The molecule has 0 spiro atoms. The lowest BCUT2D eigenvalue weighted by Crippen LogP contribution is -2.47. The molecule has 0 aromatic heterocycles. The van der Waals surface area contributed by atoms with Crippen LogP contribution in [0.2, 0.25) is 0 Å². The van der Waals surface area contributed by atoms with Crippen LogP contribution in [0.1, 0.15) is 29.3 Å². The van der Waals surface area contributed by atoms with E-state index in [4.69, 9.17) is 5.26 Å². The number of nitriles is 1. The van der Waals surface area contributed by atoms with E-state index in [1.807, 2.05) is 12.1 Å². The summed E-state index contributed by atoms with van der Waals surface area (Å²) in [6, 6.07) is 8.71. The maximum Gasteiger partial charge on any atom is 0.261 e. The van der Waals surface area contributed by atoms with Gasteiger partial charge in [0.2, 0.25) is 5.91 Å². The lowest BCUT2D eigenvalue weighted by molar-refractivity contribution is -0.129. The van der Waals surface area contributed by atoms with Gasteiger partial charge in [0.15, 0.2) is 0 Å². The Kier molecular flexibility index (Phi) is 2.92. The maximum atomic E-state index is 12.1. The number of carbonyl (C=O) groups excluding carboxylic acids is 2. The summed E-state index contributed by atoms with van der Waals surface area (Å²) in [6.07, 6.45) is 0.400. The fourth-order valence-corrected chi connectivity index (χ4v) is 2.04. The first-order valence-corrected chi connectivity index (χ1v) is 5.46. The molecule has 0 radical (unpaired) electrons. The molecule has 1 aromatic rings. The standard InChI is InChI=1S/C13H12N2O2/c1-9(6-7-14)15-12(16)8-10-4-2-3-5-11(10)13(15)17/h2-5,9H,6,8H2,1H3. The summed E-state index contributed by atoms with van der Waals surface area (Å²) in [5.41, 5.74) is 1.33. The van der Waals surface area contributed by atoms with Crippen LogP contribution in [0.3, 0.4) is 0 Å². The molecule has 1 aliphatic rings. The summed E-state index contributed by atoms with van der Waals surface area (Å²) in [7, 11) is 0. The van der Waals surface area contributed by atoms with Crippen LogP contribution in [-0.2, 0) is 11.2 Å². The van der Waals surface area contributed by atoms with Crippen LogP contribution in [0.4, 0.5) is 0 Å². The van der Waals surface area contributed by atoms with Crippen molar-refractivity contribution in [2.24, 2.45) is 0 Å². The second-order valence-electron chi connectivity index (χ2n) is 4.11. The maximum absolute atomic E-state index is 12.1. The van der Waals surface area contributed by atoms with E-state index in [-0.39, 0.29) is 30.7 Å². The molecule has 1 atom stereocenters. The van der Waals surface area contributed by atoms with Crippen molar-refractivity contribution in [2.45, 2.75) is 25.8 Å². The first-order valence-electron chi connectivity index (χ1n) is 5.46. The first-order chi connectivity index (χ1) is 8.15. The van der Waals surface area contributed by atoms with Gasteiger partial charge in [-0.05, 0) is 18.6 Å². The topological polar surface area (TPSA) is 61.2 Å². The highest BCUT2D eigenvalue weighted by Crippen LogP contribution is 2.22. The molecule has 1 aromatic carbocycles. The molecule has 1 unspecified atom stereocenters. The SMILES string of the molecule is CC(CC#N)N1C(=O)Cc2ccccc2C1=O. The van der Waals surface area contributed by atoms with E-state index in [1.54, 1.807) is 25.1 Å². The van der Waals surface area contributed by atoms with Gasteiger partial charge in [-0.1, -0.05) is 18.2 Å². The number of carbonyl (C=O) groups is 2. The number of amides is 2. The summed E-state index contributed by atoms with van der Waals surface area (Å²) in [5.74, 6) is -0.518. The molecule has 0 saturated heterocycles. The van der Waals surface area contributed by atoms with Crippen molar-refractivity contribution in [1.29, 1.82) is 5.26 Å². The normalized spacial score (nSPS) is 16.4. The summed E-state index contributed by atoms with van der Waals surface area (Å²) < 4.78 is 0. The minimum Gasteiger partial charge on any atom is -0.274 e. The number of fused-ring (bicyclic) bond motifs is 1. The molecule has 1 heterocycles. The van der Waals surface area contributed by atoms with Crippen molar-refractivity contribution in [1.82, 2.24) is 4.90 Å². The predicted octanol–water partition coefficient (Wildman–Crippen LogP) is 1.51. The highest BCUT2D eigenvalue weighted by Gasteiger charge is 2.33. The van der Waals surface area contributed by atoms with Crippen molar-refractivity contribution in [2.75, 3.05) is 0 Å². The predicted molar refractivity (Wildman–Crippen MR) is 61.0 cm³/mol. The van der Waals surface area contributed by atoms with Crippen molar-refractivity contribution in [3.05, 3.63) is 35.4 Å². The van der Waals surface area contributed by atoms with E-state index in [0.717, 1.165) is 5.56 Å². The molecule has 0 N–H and O–H groups in total. The van der Waals surface area contributed by atoms with Gasteiger partial charge in [0.05, 0.1) is 25.0 Å². The Bertz CT molecular complexity index is 516. The molecule has 2 rings (SSSR count). The zero-order valence-electron chi connectivity index (χ0n) is 9.51. The Morgan fingerprint density at radius 2 is 2.12 bits per heavy atom. The zero-order chi connectivity index (χ0) is 12.4. The second-order valence-corrected chi connectivity index (χ2v) is 4.11. The average Bonchev–Trinajstić information content (AvgIpc) is 2.29. The number of hydrogen-bond acceptors (Lipinski definition) is 3. The van der Waals surface area contributed by atoms with Crippen LogP contribution >= 0.6 is 0 Å². The van der Waals surface area contributed by atoms with Gasteiger partial charge in [-0.25, -0.2) is 0 Å². The minimum absolute atomic E-state index is 0.166. The van der Waals surface area contributed by atoms with Gasteiger partial charge >= 0.3 is 0 Å². The molecule has 86 valence electrons. The van der Waals surface area contributed by atoms with Crippen LogP contribution in [0.5, 0.6) is 0 Å². The average molecular weight is 228 g/mol. The van der Waals surface area contributed by atoms with E-state index in [9.17, 15) is 9.59 Å². The Labute approximate surface area is 99.5 Å².